The maximum absolute atomic E-state index is 3.62. The Hall–Kier alpha value is -0.0400. The largest absolute Gasteiger partial charge is 0.314 e. The predicted octanol–water partition coefficient (Wildman–Crippen LogP) is 3.06. The van der Waals surface area contributed by atoms with Crippen molar-refractivity contribution in [1.82, 2.24) is 5.32 Å². The molecule has 0 aromatic heterocycles. The van der Waals surface area contributed by atoms with Crippen LogP contribution in [0.1, 0.15) is 48.0 Å². The average Bonchev–Trinajstić information content (AvgIpc) is 2.14. The molecule has 0 aromatic rings. The third-order valence-corrected chi connectivity index (χ3v) is 4.80. The first kappa shape index (κ1) is 11.0. The molecule has 0 spiro atoms. The summed E-state index contributed by atoms with van der Waals surface area (Å²) in [4.78, 5) is 0. The summed E-state index contributed by atoms with van der Waals surface area (Å²) in [6.45, 7) is 15.3. The zero-order chi connectivity index (χ0) is 10.3. The van der Waals surface area contributed by atoms with E-state index in [4.69, 9.17) is 0 Å². The minimum absolute atomic E-state index is 0.419. The summed E-state index contributed by atoms with van der Waals surface area (Å²) in [5, 5.41) is 3.62. The van der Waals surface area contributed by atoms with E-state index < -0.39 is 0 Å². The Kier molecular flexibility index (Phi) is 2.78. The topological polar surface area (TPSA) is 12.0 Å². The third kappa shape index (κ3) is 1.52. The molecule has 1 nitrogen and oxygen atoms in total. The van der Waals surface area contributed by atoms with Gasteiger partial charge in [-0.05, 0) is 29.7 Å². The van der Waals surface area contributed by atoms with Crippen LogP contribution in [0.2, 0.25) is 0 Å². The highest BCUT2D eigenvalue weighted by molar-refractivity contribution is 5.04. The van der Waals surface area contributed by atoms with Crippen molar-refractivity contribution in [2.75, 3.05) is 6.54 Å². The summed E-state index contributed by atoms with van der Waals surface area (Å²) in [5.74, 6) is 0.826. The number of hydrogen-bond acceptors (Lipinski definition) is 1. The van der Waals surface area contributed by atoms with E-state index in [-0.39, 0.29) is 0 Å². The van der Waals surface area contributed by atoms with Crippen molar-refractivity contribution >= 4 is 0 Å². The molecule has 0 radical (unpaired) electrons. The lowest BCUT2D eigenvalue weighted by molar-refractivity contribution is 0.0962. The maximum Gasteiger partial charge on any atom is 0.0126 e. The molecule has 2 unspecified atom stereocenters. The molecule has 0 bridgehead atoms. The number of hydrogen-bond donors (Lipinski definition) is 1. The van der Waals surface area contributed by atoms with Gasteiger partial charge in [-0.15, -0.1) is 0 Å². The van der Waals surface area contributed by atoms with Crippen molar-refractivity contribution < 1.29 is 0 Å². The molecule has 1 aliphatic carbocycles. The summed E-state index contributed by atoms with van der Waals surface area (Å²) < 4.78 is 0. The summed E-state index contributed by atoms with van der Waals surface area (Å²) in [5.41, 5.74) is 0.877. The van der Waals surface area contributed by atoms with Crippen LogP contribution in [0.4, 0.5) is 0 Å². The van der Waals surface area contributed by atoms with Gasteiger partial charge in [0.2, 0.25) is 0 Å². The number of rotatable bonds is 2. The first-order valence-electron chi connectivity index (χ1n) is 5.57. The fraction of sp³-hybridized carbons (Fsp3) is 1.00. The summed E-state index contributed by atoms with van der Waals surface area (Å²) in [7, 11) is 0. The van der Waals surface area contributed by atoms with Crippen molar-refractivity contribution in [3.8, 4) is 0 Å². The van der Waals surface area contributed by atoms with Gasteiger partial charge in [-0.1, -0.05) is 41.5 Å². The molecule has 1 fully saturated rings. The Labute approximate surface area is 83.3 Å². The molecule has 0 saturated heterocycles. The summed E-state index contributed by atoms with van der Waals surface area (Å²) in [6.07, 6.45) is 1.33. The second kappa shape index (κ2) is 3.27. The molecule has 0 heterocycles. The van der Waals surface area contributed by atoms with E-state index in [9.17, 15) is 0 Å². The normalized spacial score (nSPS) is 36.5. The second-order valence-corrected chi connectivity index (χ2v) is 5.69. The standard InChI is InChI=1S/C12H25N/c1-7-13-10-8-9(2)11(3,4)12(10,5)6/h9-10,13H,7-8H2,1-6H3. The molecule has 1 rings (SSSR count). The average molecular weight is 183 g/mol. The fourth-order valence-corrected chi connectivity index (χ4v) is 2.61. The van der Waals surface area contributed by atoms with Crippen LogP contribution in [0.5, 0.6) is 0 Å². The van der Waals surface area contributed by atoms with Crippen molar-refractivity contribution in [1.29, 1.82) is 0 Å². The highest BCUT2D eigenvalue weighted by Crippen LogP contribution is 2.55. The van der Waals surface area contributed by atoms with E-state index in [1.807, 2.05) is 0 Å². The lowest BCUT2D eigenvalue weighted by Gasteiger charge is -2.41. The van der Waals surface area contributed by atoms with E-state index in [0.717, 1.165) is 12.5 Å². The van der Waals surface area contributed by atoms with Gasteiger partial charge in [0, 0.05) is 6.04 Å². The monoisotopic (exact) mass is 183 g/mol. The lowest BCUT2D eigenvalue weighted by atomic mass is 9.66. The highest BCUT2D eigenvalue weighted by Gasteiger charge is 2.52. The smallest absolute Gasteiger partial charge is 0.0126 e. The van der Waals surface area contributed by atoms with Gasteiger partial charge in [0.1, 0.15) is 0 Å². The van der Waals surface area contributed by atoms with Crippen LogP contribution in [0, 0.1) is 16.7 Å². The zero-order valence-electron chi connectivity index (χ0n) is 10.1. The van der Waals surface area contributed by atoms with Crippen LogP contribution >= 0.6 is 0 Å². The lowest BCUT2D eigenvalue weighted by Crippen LogP contribution is -2.43. The van der Waals surface area contributed by atoms with Crippen molar-refractivity contribution in [2.24, 2.45) is 16.7 Å². The van der Waals surface area contributed by atoms with E-state index in [1.54, 1.807) is 0 Å². The molecule has 2 atom stereocenters. The Morgan fingerprint density at radius 1 is 1.15 bits per heavy atom. The quantitative estimate of drug-likeness (QED) is 0.694. The van der Waals surface area contributed by atoms with Gasteiger partial charge in [0.15, 0.2) is 0 Å². The molecule has 13 heavy (non-hydrogen) atoms. The Bertz CT molecular complexity index is 182. The van der Waals surface area contributed by atoms with E-state index in [0.29, 0.717) is 16.9 Å². The van der Waals surface area contributed by atoms with E-state index in [1.165, 1.54) is 6.42 Å². The van der Waals surface area contributed by atoms with Gasteiger partial charge in [0.25, 0.3) is 0 Å². The third-order valence-electron chi connectivity index (χ3n) is 4.80. The van der Waals surface area contributed by atoms with Gasteiger partial charge < -0.3 is 5.32 Å². The Morgan fingerprint density at radius 2 is 1.69 bits per heavy atom. The molecule has 0 amide bonds. The molecule has 1 heteroatoms. The van der Waals surface area contributed by atoms with E-state index >= 15 is 0 Å². The van der Waals surface area contributed by atoms with Crippen LogP contribution < -0.4 is 5.32 Å². The molecular formula is C12H25N. The van der Waals surface area contributed by atoms with Gasteiger partial charge in [0.05, 0.1) is 0 Å². The van der Waals surface area contributed by atoms with Crippen LogP contribution in [0.3, 0.4) is 0 Å². The van der Waals surface area contributed by atoms with Crippen LogP contribution in [0.15, 0.2) is 0 Å². The minimum atomic E-state index is 0.419. The number of nitrogens with one attached hydrogen (secondary N) is 1. The van der Waals surface area contributed by atoms with Crippen molar-refractivity contribution in [2.45, 2.75) is 54.0 Å². The molecule has 0 aromatic carbocycles. The SMILES string of the molecule is CCNC1CC(C)C(C)(C)C1(C)C. The molecule has 1 saturated carbocycles. The Morgan fingerprint density at radius 3 is 2.00 bits per heavy atom. The Balaban J connectivity index is 2.84. The molecule has 0 aliphatic heterocycles. The molecule has 1 N–H and O–H groups in total. The van der Waals surface area contributed by atoms with Crippen LogP contribution in [-0.2, 0) is 0 Å². The van der Waals surface area contributed by atoms with Crippen LogP contribution in [0.25, 0.3) is 0 Å². The van der Waals surface area contributed by atoms with Gasteiger partial charge in [-0.25, -0.2) is 0 Å². The van der Waals surface area contributed by atoms with Crippen LogP contribution in [-0.4, -0.2) is 12.6 Å². The zero-order valence-corrected chi connectivity index (χ0v) is 10.1. The maximum atomic E-state index is 3.62. The second-order valence-electron chi connectivity index (χ2n) is 5.69. The minimum Gasteiger partial charge on any atom is -0.314 e. The molecule has 78 valence electrons. The molecule has 1 aliphatic rings. The van der Waals surface area contributed by atoms with E-state index in [2.05, 4.69) is 46.9 Å². The highest BCUT2D eigenvalue weighted by atomic mass is 14.9. The fourth-order valence-electron chi connectivity index (χ4n) is 2.61. The first-order chi connectivity index (χ1) is 5.84. The first-order valence-corrected chi connectivity index (χ1v) is 5.57. The predicted molar refractivity (Wildman–Crippen MR) is 58.8 cm³/mol. The van der Waals surface area contributed by atoms with Crippen molar-refractivity contribution in [3.63, 3.8) is 0 Å². The summed E-state index contributed by atoms with van der Waals surface area (Å²) >= 11 is 0. The van der Waals surface area contributed by atoms with Gasteiger partial charge in [-0.2, -0.15) is 0 Å². The molecular weight excluding hydrogens is 158 g/mol. The van der Waals surface area contributed by atoms with Gasteiger partial charge >= 0.3 is 0 Å². The van der Waals surface area contributed by atoms with Crippen molar-refractivity contribution in [3.05, 3.63) is 0 Å². The van der Waals surface area contributed by atoms with Gasteiger partial charge in [-0.3, -0.25) is 0 Å². The summed E-state index contributed by atoms with van der Waals surface area (Å²) in [6, 6.07) is 0.697.